The van der Waals surface area contributed by atoms with Crippen LogP contribution in [0.25, 0.3) is 22.3 Å². The van der Waals surface area contributed by atoms with Crippen LogP contribution in [0.4, 0.5) is 9.59 Å². The number of hydrogen-bond acceptors (Lipinski definition) is 13. The van der Waals surface area contributed by atoms with Gasteiger partial charge in [0, 0.05) is 45.5 Å². The molecule has 0 aromatic heterocycles. The lowest BCUT2D eigenvalue weighted by molar-refractivity contribution is -0.148. The predicted octanol–water partition coefficient (Wildman–Crippen LogP) is 12.2. The number of ether oxygens (including phenoxy) is 5. The summed E-state index contributed by atoms with van der Waals surface area (Å²) in [6.45, 7) is 14.6. The van der Waals surface area contributed by atoms with Gasteiger partial charge in [0.05, 0.1) is 15.0 Å². The van der Waals surface area contributed by atoms with Gasteiger partial charge in [0.15, 0.2) is 29.7 Å². The molecule has 4 aliphatic heterocycles. The summed E-state index contributed by atoms with van der Waals surface area (Å²) in [6.07, 6.45) is 4.44. The number of likely N-dealkylation sites (tertiary alicyclic amines) is 2. The lowest BCUT2D eigenvalue weighted by atomic mass is 9.85. The fourth-order valence-corrected chi connectivity index (χ4v) is 11.9. The number of hydrogen-bond donors (Lipinski definition) is 1. The SMILES string of the molecule is C[C@H]1CC[C@@H](C(=O)O)N1C(=O)OC(C)(C)C.C[C@H]1CC[C@@H](C(=O)OCC(=O)c2ccc3c(c2)COc2cc4c(cc2-3)CCC(Br)C4=O)N1C(=O)OC(C)(C)C.O=C(CBr)c1ccc2c(c1)COc1cc3c(cc1-2)CCC(Br)C3=O. The summed E-state index contributed by atoms with van der Waals surface area (Å²) in [7, 11) is 0. The summed E-state index contributed by atoms with van der Waals surface area (Å²) in [6, 6.07) is 17.1. The molecule has 4 aromatic rings. The van der Waals surface area contributed by atoms with Gasteiger partial charge in [-0.25, -0.2) is 19.2 Å². The van der Waals surface area contributed by atoms with Crippen molar-refractivity contribution in [3.05, 3.63) is 105 Å². The van der Waals surface area contributed by atoms with Gasteiger partial charge in [0.25, 0.3) is 0 Å². The van der Waals surface area contributed by atoms with Crippen molar-refractivity contribution in [2.24, 2.45) is 0 Å². The van der Waals surface area contributed by atoms with Gasteiger partial charge in [-0.1, -0.05) is 72.1 Å². The summed E-state index contributed by atoms with van der Waals surface area (Å²) >= 11 is 10.1. The topological polar surface area (TPSA) is 209 Å². The molecule has 2 fully saturated rings. The molecule has 16 nitrogen and oxygen atoms in total. The molecule has 2 aliphatic carbocycles. The maximum Gasteiger partial charge on any atom is 0.411 e. The normalized spacial score (nSPS) is 21.5. The van der Waals surface area contributed by atoms with Gasteiger partial charge in [0.2, 0.25) is 0 Å². The molecule has 6 aliphatic rings. The average Bonchev–Trinajstić information content (AvgIpc) is 4.07. The van der Waals surface area contributed by atoms with Crippen molar-refractivity contribution in [2.45, 2.75) is 165 Å². The van der Waals surface area contributed by atoms with Gasteiger partial charge in [-0.05, 0) is 177 Å². The Bertz CT molecular complexity index is 3120. The minimum atomic E-state index is -0.963. The number of carboxylic acid groups (broad SMARTS) is 1. The van der Waals surface area contributed by atoms with Crippen LogP contribution in [-0.2, 0) is 49.9 Å². The third kappa shape index (κ3) is 13.3. The van der Waals surface area contributed by atoms with Crippen LogP contribution in [0.3, 0.4) is 0 Å². The third-order valence-corrected chi connectivity index (χ3v) is 16.9. The van der Waals surface area contributed by atoms with Crippen LogP contribution in [0.5, 0.6) is 11.5 Å². The first-order valence-electron chi connectivity index (χ1n) is 26.5. The molecule has 79 heavy (non-hydrogen) atoms. The Labute approximate surface area is 484 Å². The van der Waals surface area contributed by atoms with E-state index in [2.05, 4.69) is 53.9 Å². The largest absolute Gasteiger partial charge is 0.488 e. The van der Waals surface area contributed by atoms with Gasteiger partial charge < -0.3 is 28.8 Å². The minimum Gasteiger partial charge on any atom is -0.488 e. The summed E-state index contributed by atoms with van der Waals surface area (Å²) < 4.78 is 27.9. The fraction of sp³-hybridized carbons (Fsp3) is 0.467. The Morgan fingerprint density at radius 2 is 1.00 bits per heavy atom. The average molecular weight is 1280 g/mol. The first-order chi connectivity index (χ1) is 37.2. The molecular formula is C60H65Br3N2O14. The van der Waals surface area contributed by atoms with E-state index in [9.17, 15) is 38.4 Å². The molecule has 4 heterocycles. The van der Waals surface area contributed by atoms with E-state index in [1.807, 2.05) is 56.3 Å². The highest BCUT2D eigenvalue weighted by Gasteiger charge is 2.43. The number of carbonyl (C=O) groups is 8. The zero-order valence-corrected chi connectivity index (χ0v) is 50.3. The van der Waals surface area contributed by atoms with Crippen molar-refractivity contribution in [1.82, 2.24) is 9.80 Å². The Kier molecular flexibility index (Phi) is 18.0. The summed E-state index contributed by atoms with van der Waals surface area (Å²) in [5.74, 6) is -0.250. The Morgan fingerprint density at radius 3 is 1.43 bits per heavy atom. The number of fused-ring (bicyclic) bond motifs is 8. The van der Waals surface area contributed by atoms with E-state index in [4.69, 9.17) is 28.8 Å². The van der Waals surface area contributed by atoms with E-state index in [1.165, 1.54) is 9.80 Å². The van der Waals surface area contributed by atoms with Crippen LogP contribution < -0.4 is 9.47 Å². The molecule has 0 spiro atoms. The zero-order chi connectivity index (χ0) is 57.4. The van der Waals surface area contributed by atoms with Crippen LogP contribution >= 0.6 is 47.8 Å². The monoisotopic (exact) mass is 1270 g/mol. The van der Waals surface area contributed by atoms with Gasteiger partial charge in [-0.3, -0.25) is 29.0 Å². The zero-order valence-electron chi connectivity index (χ0n) is 45.5. The first-order valence-corrected chi connectivity index (χ1v) is 29.5. The predicted molar refractivity (Wildman–Crippen MR) is 305 cm³/mol. The number of Topliss-reactive ketones (excluding diaryl/α,β-unsaturated/α-hetero) is 4. The number of ketones is 4. The van der Waals surface area contributed by atoms with Crippen LogP contribution in [-0.4, -0.2) is 119 Å². The van der Waals surface area contributed by atoms with Crippen LogP contribution in [0.2, 0.25) is 0 Å². The highest BCUT2D eigenvalue weighted by molar-refractivity contribution is 9.10. The van der Waals surface area contributed by atoms with E-state index in [1.54, 1.807) is 53.7 Å². The Morgan fingerprint density at radius 1 is 0.570 bits per heavy atom. The van der Waals surface area contributed by atoms with Gasteiger partial charge >= 0.3 is 24.1 Å². The number of esters is 1. The summed E-state index contributed by atoms with van der Waals surface area (Å²) in [5, 5.41) is 9.31. The van der Waals surface area contributed by atoms with Gasteiger partial charge in [0.1, 0.15) is 48.0 Å². The molecule has 1 N–H and O–H groups in total. The van der Waals surface area contributed by atoms with Crippen LogP contribution in [0, 0.1) is 0 Å². The molecule has 2 unspecified atom stereocenters. The van der Waals surface area contributed by atoms with E-state index in [0.29, 0.717) is 60.1 Å². The van der Waals surface area contributed by atoms with E-state index in [0.717, 1.165) is 81.5 Å². The molecule has 6 atom stereocenters. The Balaban J connectivity index is 0.000000174. The summed E-state index contributed by atoms with van der Waals surface area (Å²) in [4.78, 5) is 101. The van der Waals surface area contributed by atoms with Crippen molar-refractivity contribution < 1.29 is 67.1 Å². The maximum atomic E-state index is 13.0. The molecule has 0 bridgehead atoms. The van der Waals surface area contributed by atoms with Crippen molar-refractivity contribution in [3.8, 4) is 33.8 Å². The number of halogens is 3. The first kappa shape index (κ1) is 59.2. The second kappa shape index (κ2) is 24.0. The van der Waals surface area contributed by atoms with Crippen LogP contribution in [0.15, 0.2) is 60.7 Å². The number of aliphatic carboxylic acids is 1. The minimum absolute atomic E-state index is 0.0583. The molecule has 0 saturated carbocycles. The number of amides is 2. The fourth-order valence-electron chi connectivity index (χ4n) is 10.6. The van der Waals surface area contributed by atoms with Gasteiger partial charge in [-0.2, -0.15) is 0 Å². The molecule has 10 rings (SSSR count). The molecule has 4 aromatic carbocycles. The van der Waals surface area contributed by atoms with E-state index >= 15 is 0 Å². The quantitative estimate of drug-likeness (QED) is 0.0790. The second-order valence-corrected chi connectivity index (χ2v) is 25.4. The van der Waals surface area contributed by atoms with Crippen molar-refractivity contribution in [1.29, 1.82) is 0 Å². The summed E-state index contributed by atoms with van der Waals surface area (Å²) in [5.41, 5.74) is 9.15. The number of nitrogens with zero attached hydrogens (tertiary/aromatic N) is 2. The Hall–Kier alpha value is -5.92. The number of carbonyl (C=O) groups excluding carboxylic acids is 7. The van der Waals surface area contributed by atoms with E-state index in [-0.39, 0.29) is 51.5 Å². The molecule has 19 heteroatoms. The number of benzene rings is 4. The van der Waals surface area contributed by atoms with Crippen LogP contribution in [0.1, 0.15) is 158 Å². The molecule has 420 valence electrons. The number of alkyl halides is 3. The number of aryl methyl sites for hydroxylation is 2. The number of carboxylic acids is 1. The molecule has 2 saturated heterocycles. The van der Waals surface area contributed by atoms with Crippen molar-refractivity contribution >= 4 is 95.0 Å². The highest BCUT2D eigenvalue weighted by atomic mass is 79.9. The van der Waals surface area contributed by atoms with E-state index < -0.39 is 54.0 Å². The van der Waals surface area contributed by atoms with Gasteiger partial charge in [-0.15, -0.1) is 0 Å². The standard InChI is InChI=1S/C30H32BrNO7.C19H14Br2O3.C11H19NO4/c1-16-5-10-24(32(16)29(36)39-30(2,3)4)28(35)38-15-25(33)18-6-8-20-19(11-18)14-37-26-13-21-17(12-22(20)26)7-9-23(31)27(21)34;20-8-17(22)11-1-3-13-12(5-11)9-24-18-7-14-10(6-15(13)18)2-4-16(21)19(14)23;1-7-5-6-8(9(13)14)12(7)10(15)16-11(2,3)4/h6,8,11-13,16,23-24H,5,7,9-10,14-15H2,1-4H3;1,3,5-7,16H,2,4,8-9H2;7-8H,5-6H2,1-4H3,(H,13,14)/t16-,23?,24-;;7-,8-/m0.0/s1. The lowest BCUT2D eigenvalue weighted by Gasteiger charge is -2.30. The highest BCUT2D eigenvalue weighted by Crippen LogP contribution is 2.44. The second-order valence-electron chi connectivity index (χ2n) is 22.7. The lowest BCUT2D eigenvalue weighted by Crippen LogP contribution is -2.47. The maximum absolute atomic E-state index is 13.0. The smallest absolute Gasteiger partial charge is 0.411 e. The van der Waals surface area contributed by atoms with Crippen molar-refractivity contribution in [3.63, 3.8) is 0 Å². The van der Waals surface area contributed by atoms with Crippen molar-refractivity contribution in [2.75, 3.05) is 11.9 Å². The molecule has 0 radical (unpaired) electrons. The number of rotatable bonds is 7. The molecule has 2 amide bonds. The third-order valence-electron chi connectivity index (χ3n) is 14.6. The molecular weight excluding hydrogens is 1210 g/mol.